The van der Waals surface area contributed by atoms with Gasteiger partial charge >= 0.3 is 0 Å². The molecule has 1 heterocycles. The number of aryl methyl sites for hydroxylation is 3. The van der Waals surface area contributed by atoms with Crippen LogP contribution in [0.2, 0.25) is 0 Å². The average Bonchev–Trinajstić information content (AvgIpc) is 2.78. The zero-order valence-electron chi connectivity index (χ0n) is 12.9. The summed E-state index contributed by atoms with van der Waals surface area (Å²) in [6, 6.07) is 5.94. The average molecular weight is 306 g/mol. The van der Waals surface area contributed by atoms with Gasteiger partial charge < -0.3 is 15.6 Å². The largest absolute Gasteiger partial charge is 0.496 e. The van der Waals surface area contributed by atoms with E-state index in [0.717, 1.165) is 32.5 Å². The Morgan fingerprint density at radius 1 is 1.33 bits per heavy atom. The van der Waals surface area contributed by atoms with Crippen LogP contribution in [-0.4, -0.2) is 23.7 Å². The topological polar surface area (TPSA) is 68.4 Å². The van der Waals surface area contributed by atoms with Crippen LogP contribution in [-0.2, 0) is 0 Å². The smallest absolute Gasteiger partial charge is 0.122 e. The third-order valence-corrected chi connectivity index (χ3v) is 4.77. The number of rotatable bonds is 5. The number of aliphatic hydroxyl groups is 1. The molecular weight excluding hydrogens is 284 g/mol. The molecule has 0 aliphatic carbocycles. The van der Waals surface area contributed by atoms with Crippen LogP contribution >= 0.6 is 11.3 Å². The lowest BCUT2D eigenvalue weighted by atomic mass is 9.90. The normalized spacial score (nSPS) is 14.0. The molecule has 114 valence electrons. The minimum Gasteiger partial charge on any atom is -0.496 e. The Labute approximate surface area is 129 Å². The Hall–Kier alpha value is -1.43. The van der Waals surface area contributed by atoms with Crippen LogP contribution < -0.4 is 10.5 Å². The van der Waals surface area contributed by atoms with Crippen molar-refractivity contribution in [2.45, 2.75) is 32.8 Å². The summed E-state index contributed by atoms with van der Waals surface area (Å²) >= 11 is 1.52. The maximum Gasteiger partial charge on any atom is 0.122 e. The maximum absolute atomic E-state index is 10.8. The number of ether oxygens (including phenoxy) is 1. The van der Waals surface area contributed by atoms with Crippen LogP contribution in [0.1, 0.15) is 38.7 Å². The van der Waals surface area contributed by atoms with Crippen LogP contribution in [0.25, 0.3) is 0 Å². The van der Waals surface area contributed by atoms with Crippen LogP contribution in [0.3, 0.4) is 0 Å². The third-order valence-electron chi connectivity index (χ3n) is 3.63. The molecule has 4 nitrogen and oxygen atoms in total. The summed E-state index contributed by atoms with van der Waals surface area (Å²) in [7, 11) is 1.64. The van der Waals surface area contributed by atoms with Gasteiger partial charge in [-0.3, -0.25) is 0 Å². The Bertz CT molecular complexity index is 625. The van der Waals surface area contributed by atoms with E-state index < -0.39 is 6.10 Å². The highest BCUT2D eigenvalue weighted by Crippen LogP contribution is 2.38. The van der Waals surface area contributed by atoms with Crippen LogP contribution in [0.4, 0.5) is 0 Å². The molecule has 2 aromatic rings. The maximum atomic E-state index is 10.8. The van der Waals surface area contributed by atoms with E-state index >= 15 is 0 Å². The highest BCUT2D eigenvalue weighted by atomic mass is 32.1. The van der Waals surface area contributed by atoms with Gasteiger partial charge in [0.1, 0.15) is 5.75 Å². The lowest BCUT2D eigenvalue weighted by molar-refractivity contribution is 0.148. The first-order valence-corrected chi connectivity index (χ1v) is 7.76. The van der Waals surface area contributed by atoms with Crippen molar-refractivity contribution >= 4 is 11.3 Å². The second kappa shape index (κ2) is 6.56. The van der Waals surface area contributed by atoms with Gasteiger partial charge in [0.05, 0.1) is 28.8 Å². The molecule has 5 heteroatoms. The molecule has 3 N–H and O–H groups in total. The molecule has 2 atom stereocenters. The van der Waals surface area contributed by atoms with Crippen LogP contribution in [0, 0.1) is 20.8 Å². The molecule has 0 saturated carbocycles. The lowest BCUT2D eigenvalue weighted by Crippen LogP contribution is -2.21. The summed E-state index contributed by atoms with van der Waals surface area (Å²) < 4.78 is 5.43. The van der Waals surface area contributed by atoms with Gasteiger partial charge in [-0.2, -0.15) is 0 Å². The molecule has 2 rings (SSSR count). The zero-order valence-corrected chi connectivity index (χ0v) is 13.7. The van der Waals surface area contributed by atoms with Gasteiger partial charge in [0, 0.05) is 18.0 Å². The summed E-state index contributed by atoms with van der Waals surface area (Å²) in [6.07, 6.45) is -0.670. The molecule has 0 amide bonds. The SMILES string of the molecule is COc1ccc(C)cc1C(CN)C(O)c1sc(C)nc1C. The highest BCUT2D eigenvalue weighted by Gasteiger charge is 2.27. The second-order valence-electron chi connectivity index (χ2n) is 5.21. The van der Waals surface area contributed by atoms with E-state index in [1.54, 1.807) is 7.11 Å². The molecule has 1 aromatic heterocycles. The van der Waals surface area contributed by atoms with Crippen molar-refractivity contribution in [3.8, 4) is 5.75 Å². The van der Waals surface area contributed by atoms with Gasteiger partial charge in [-0.25, -0.2) is 4.98 Å². The van der Waals surface area contributed by atoms with E-state index in [9.17, 15) is 5.11 Å². The number of nitrogens with two attached hydrogens (primary N) is 1. The standard InChI is InChI=1S/C16H22N2O2S/c1-9-5-6-14(20-4)12(7-9)13(8-17)15(19)16-10(2)18-11(3)21-16/h5-7,13,15,19H,8,17H2,1-4H3. The predicted octanol–water partition coefficient (Wildman–Crippen LogP) is 2.85. The van der Waals surface area contributed by atoms with E-state index in [0.29, 0.717) is 6.54 Å². The van der Waals surface area contributed by atoms with Crippen molar-refractivity contribution in [3.05, 3.63) is 44.9 Å². The summed E-state index contributed by atoms with van der Waals surface area (Å²) in [5.74, 6) is 0.549. The fourth-order valence-corrected chi connectivity index (χ4v) is 3.55. The lowest BCUT2D eigenvalue weighted by Gasteiger charge is -2.23. The first kappa shape index (κ1) is 15.9. The second-order valence-corrected chi connectivity index (χ2v) is 6.45. The van der Waals surface area contributed by atoms with E-state index in [1.807, 2.05) is 39.0 Å². The Kier molecular flexibility index (Phi) is 4.98. The zero-order chi connectivity index (χ0) is 15.6. The first-order chi connectivity index (χ1) is 9.97. The number of hydrogen-bond donors (Lipinski definition) is 2. The van der Waals surface area contributed by atoms with Gasteiger partial charge in [0.2, 0.25) is 0 Å². The minimum absolute atomic E-state index is 0.210. The number of methoxy groups -OCH3 is 1. The van der Waals surface area contributed by atoms with Crippen molar-refractivity contribution in [2.75, 3.05) is 13.7 Å². The fraction of sp³-hybridized carbons (Fsp3) is 0.438. The molecule has 0 fully saturated rings. The molecule has 2 unspecified atom stereocenters. The van der Waals surface area contributed by atoms with E-state index in [-0.39, 0.29) is 5.92 Å². The molecule has 0 aliphatic heterocycles. The number of hydrogen-bond acceptors (Lipinski definition) is 5. The molecule has 0 radical (unpaired) electrons. The van der Waals surface area contributed by atoms with Gasteiger partial charge in [0.25, 0.3) is 0 Å². The van der Waals surface area contributed by atoms with Gasteiger partial charge in [-0.05, 0) is 26.8 Å². The quantitative estimate of drug-likeness (QED) is 0.891. The van der Waals surface area contributed by atoms with Gasteiger partial charge in [0.15, 0.2) is 0 Å². The Morgan fingerprint density at radius 2 is 2.05 bits per heavy atom. The Balaban J connectivity index is 2.44. The molecule has 0 bridgehead atoms. The van der Waals surface area contributed by atoms with Crippen molar-refractivity contribution < 1.29 is 9.84 Å². The first-order valence-electron chi connectivity index (χ1n) is 6.94. The fourth-order valence-electron chi connectivity index (χ4n) is 2.57. The molecular formula is C16H22N2O2S. The molecule has 0 spiro atoms. The predicted molar refractivity (Wildman–Crippen MR) is 86.1 cm³/mol. The minimum atomic E-state index is -0.670. The molecule has 0 aliphatic rings. The summed E-state index contributed by atoms with van der Waals surface area (Å²) in [5, 5.41) is 11.7. The molecule has 21 heavy (non-hydrogen) atoms. The van der Waals surface area contributed by atoms with Crippen molar-refractivity contribution in [2.24, 2.45) is 5.73 Å². The summed E-state index contributed by atoms with van der Waals surface area (Å²) in [5.41, 5.74) is 8.87. The van der Waals surface area contributed by atoms with E-state index in [4.69, 9.17) is 10.5 Å². The summed E-state index contributed by atoms with van der Waals surface area (Å²) in [6.45, 7) is 6.23. The number of benzene rings is 1. The van der Waals surface area contributed by atoms with E-state index in [1.165, 1.54) is 11.3 Å². The van der Waals surface area contributed by atoms with Crippen molar-refractivity contribution in [1.29, 1.82) is 0 Å². The number of aliphatic hydroxyl groups excluding tert-OH is 1. The molecule has 1 aromatic carbocycles. The number of thiazole rings is 1. The number of aromatic nitrogens is 1. The van der Waals surface area contributed by atoms with Crippen LogP contribution in [0.5, 0.6) is 5.75 Å². The molecule has 0 saturated heterocycles. The number of nitrogens with zero attached hydrogens (tertiary/aromatic N) is 1. The summed E-state index contributed by atoms with van der Waals surface area (Å²) in [4.78, 5) is 5.27. The third kappa shape index (κ3) is 3.26. The van der Waals surface area contributed by atoms with Crippen molar-refractivity contribution in [1.82, 2.24) is 4.98 Å². The van der Waals surface area contributed by atoms with Crippen LogP contribution in [0.15, 0.2) is 18.2 Å². The monoisotopic (exact) mass is 306 g/mol. The van der Waals surface area contributed by atoms with Gasteiger partial charge in [-0.15, -0.1) is 11.3 Å². The van der Waals surface area contributed by atoms with E-state index in [2.05, 4.69) is 4.98 Å². The van der Waals surface area contributed by atoms with Gasteiger partial charge in [-0.1, -0.05) is 17.7 Å². The Morgan fingerprint density at radius 3 is 2.57 bits per heavy atom. The highest BCUT2D eigenvalue weighted by molar-refractivity contribution is 7.11. The van der Waals surface area contributed by atoms with Crippen molar-refractivity contribution in [3.63, 3.8) is 0 Å².